The van der Waals surface area contributed by atoms with Crippen LogP contribution < -0.4 is 10.5 Å². The van der Waals surface area contributed by atoms with Crippen LogP contribution in [0.1, 0.15) is 0 Å². The van der Waals surface area contributed by atoms with Gasteiger partial charge in [0.25, 0.3) is 0 Å². The number of rotatable bonds is 3. The van der Waals surface area contributed by atoms with Crippen LogP contribution >= 0.6 is 0 Å². The van der Waals surface area contributed by atoms with Gasteiger partial charge in [-0.25, -0.2) is 14.4 Å². The van der Waals surface area contributed by atoms with Crippen LogP contribution in [0.3, 0.4) is 0 Å². The van der Waals surface area contributed by atoms with E-state index in [1.54, 1.807) is 30.5 Å². The predicted molar refractivity (Wildman–Crippen MR) is 88.0 cm³/mol. The highest BCUT2D eigenvalue weighted by molar-refractivity contribution is 5.90. The lowest BCUT2D eigenvalue weighted by Gasteiger charge is -2.10. The Morgan fingerprint density at radius 3 is 2.71 bits per heavy atom. The van der Waals surface area contributed by atoms with E-state index in [9.17, 15) is 4.39 Å². The van der Waals surface area contributed by atoms with E-state index in [2.05, 4.69) is 20.2 Å². The van der Waals surface area contributed by atoms with Crippen LogP contribution in [-0.2, 0) is 0 Å². The van der Waals surface area contributed by atoms with Crippen molar-refractivity contribution >= 4 is 16.7 Å². The van der Waals surface area contributed by atoms with Crippen LogP contribution in [0, 0.1) is 5.82 Å². The Morgan fingerprint density at radius 2 is 1.88 bits per heavy atom. The quantitative estimate of drug-likeness (QED) is 0.563. The van der Waals surface area contributed by atoms with Gasteiger partial charge in [0.15, 0.2) is 11.4 Å². The normalized spacial score (nSPS) is 10.9. The molecule has 0 unspecified atom stereocenters. The summed E-state index contributed by atoms with van der Waals surface area (Å²) in [5, 5.41) is 7.59. The number of nitrogens with two attached hydrogens (primary N) is 1. The van der Waals surface area contributed by atoms with Crippen molar-refractivity contribution in [3.05, 3.63) is 60.8 Å². The molecule has 2 aromatic carbocycles. The molecule has 24 heavy (non-hydrogen) atoms. The minimum Gasteiger partial charge on any atom is -0.455 e. The standard InChI is InChI=1S/C17H12FN5O/c18-11-2-4-12(5-3-11)24-15-7-10(1-6-14(15)19)16-13-8-22-23-17(13)21-9-20-16/h1-9H,19H2,(H,20,21,22,23). The summed E-state index contributed by atoms with van der Waals surface area (Å²) >= 11 is 0. The Morgan fingerprint density at radius 1 is 1.04 bits per heavy atom. The molecule has 0 saturated carbocycles. The Hall–Kier alpha value is -3.48. The third-order valence-electron chi connectivity index (χ3n) is 3.58. The number of ether oxygens (including phenoxy) is 1. The van der Waals surface area contributed by atoms with Crippen molar-refractivity contribution in [3.8, 4) is 22.8 Å². The zero-order chi connectivity index (χ0) is 16.5. The average molecular weight is 321 g/mol. The number of nitrogens with one attached hydrogen (secondary N) is 1. The number of aromatic amines is 1. The third kappa shape index (κ3) is 2.52. The first-order chi connectivity index (χ1) is 11.7. The van der Waals surface area contributed by atoms with Crippen molar-refractivity contribution in [1.29, 1.82) is 0 Å². The van der Waals surface area contributed by atoms with E-state index in [0.717, 1.165) is 16.6 Å². The predicted octanol–water partition coefficient (Wildman–Crippen LogP) is 3.53. The molecule has 2 heterocycles. The number of halogens is 1. The summed E-state index contributed by atoms with van der Waals surface area (Å²) in [6.07, 6.45) is 3.13. The summed E-state index contributed by atoms with van der Waals surface area (Å²) in [6.45, 7) is 0. The fourth-order valence-electron chi connectivity index (χ4n) is 2.39. The van der Waals surface area contributed by atoms with Crippen LogP contribution in [0.15, 0.2) is 55.0 Å². The van der Waals surface area contributed by atoms with Crippen molar-refractivity contribution < 1.29 is 9.13 Å². The molecule has 4 rings (SSSR count). The van der Waals surface area contributed by atoms with Gasteiger partial charge in [0, 0.05) is 5.56 Å². The molecule has 6 nitrogen and oxygen atoms in total. The van der Waals surface area contributed by atoms with Crippen molar-refractivity contribution in [3.63, 3.8) is 0 Å². The number of fused-ring (bicyclic) bond motifs is 1. The zero-order valence-corrected chi connectivity index (χ0v) is 12.4. The summed E-state index contributed by atoms with van der Waals surface area (Å²) < 4.78 is 18.8. The molecule has 0 fully saturated rings. The molecular weight excluding hydrogens is 309 g/mol. The maximum Gasteiger partial charge on any atom is 0.159 e. The molecule has 2 aromatic heterocycles. The highest BCUT2D eigenvalue weighted by atomic mass is 19.1. The third-order valence-corrected chi connectivity index (χ3v) is 3.58. The molecular formula is C17H12FN5O. The molecule has 0 aliphatic heterocycles. The first-order valence-corrected chi connectivity index (χ1v) is 7.18. The molecule has 0 spiro atoms. The summed E-state index contributed by atoms with van der Waals surface area (Å²) in [6, 6.07) is 11.1. The number of aromatic nitrogens is 4. The van der Waals surface area contributed by atoms with E-state index in [0.29, 0.717) is 22.8 Å². The summed E-state index contributed by atoms with van der Waals surface area (Å²) in [5.41, 5.74) is 8.65. The number of nitrogens with zero attached hydrogens (tertiary/aromatic N) is 3. The topological polar surface area (TPSA) is 89.7 Å². The molecule has 7 heteroatoms. The molecule has 0 atom stereocenters. The molecule has 4 aromatic rings. The minimum absolute atomic E-state index is 0.326. The van der Waals surface area contributed by atoms with Gasteiger partial charge < -0.3 is 10.5 Å². The lowest BCUT2D eigenvalue weighted by molar-refractivity contribution is 0.483. The first kappa shape index (κ1) is 14.1. The molecule has 0 amide bonds. The van der Waals surface area contributed by atoms with Crippen LogP contribution in [0.4, 0.5) is 10.1 Å². The molecule has 0 saturated heterocycles. The van der Waals surface area contributed by atoms with Gasteiger partial charge in [-0.3, -0.25) is 5.10 Å². The van der Waals surface area contributed by atoms with Crippen molar-refractivity contribution in [2.45, 2.75) is 0 Å². The van der Waals surface area contributed by atoms with E-state index in [1.165, 1.54) is 18.5 Å². The van der Waals surface area contributed by atoms with E-state index in [-0.39, 0.29) is 5.82 Å². The Kier molecular flexibility index (Phi) is 3.31. The summed E-state index contributed by atoms with van der Waals surface area (Å²) in [7, 11) is 0. The summed E-state index contributed by atoms with van der Waals surface area (Å²) in [5.74, 6) is 0.637. The second kappa shape index (κ2) is 5.62. The maximum absolute atomic E-state index is 13.0. The van der Waals surface area contributed by atoms with Gasteiger partial charge in [-0.15, -0.1) is 0 Å². The number of hydrogen-bond donors (Lipinski definition) is 2. The molecule has 3 N–H and O–H groups in total. The molecule has 0 radical (unpaired) electrons. The number of H-pyrrole nitrogens is 1. The fourth-order valence-corrected chi connectivity index (χ4v) is 2.39. The number of hydrogen-bond acceptors (Lipinski definition) is 5. The van der Waals surface area contributed by atoms with Gasteiger partial charge in [-0.2, -0.15) is 5.10 Å². The molecule has 0 bridgehead atoms. The van der Waals surface area contributed by atoms with E-state index < -0.39 is 0 Å². The first-order valence-electron chi connectivity index (χ1n) is 7.18. The Balaban J connectivity index is 1.76. The zero-order valence-electron chi connectivity index (χ0n) is 12.4. The minimum atomic E-state index is -0.326. The van der Waals surface area contributed by atoms with Gasteiger partial charge in [0.1, 0.15) is 17.9 Å². The van der Waals surface area contributed by atoms with Crippen LogP contribution in [0.25, 0.3) is 22.3 Å². The lowest BCUT2D eigenvalue weighted by atomic mass is 10.1. The van der Waals surface area contributed by atoms with Crippen molar-refractivity contribution in [1.82, 2.24) is 20.2 Å². The number of nitrogen functional groups attached to an aromatic ring is 1. The smallest absolute Gasteiger partial charge is 0.159 e. The lowest BCUT2D eigenvalue weighted by Crippen LogP contribution is -1.94. The average Bonchev–Trinajstić information content (AvgIpc) is 3.07. The van der Waals surface area contributed by atoms with Crippen LogP contribution in [-0.4, -0.2) is 20.2 Å². The van der Waals surface area contributed by atoms with E-state index >= 15 is 0 Å². The number of anilines is 1. The van der Waals surface area contributed by atoms with Gasteiger partial charge in [-0.05, 0) is 36.4 Å². The summed E-state index contributed by atoms with van der Waals surface area (Å²) in [4.78, 5) is 8.44. The molecule has 0 aliphatic rings. The van der Waals surface area contributed by atoms with Crippen molar-refractivity contribution in [2.75, 3.05) is 5.73 Å². The van der Waals surface area contributed by atoms with Gasteiger partial charge >= 0.3 is 0 Å². The van der Waals surface area contributed by atoms with E-state index in [4.69, 9.17) is 10.5 Å². The second-order valence-electron chi connectivity index (χ2n) is 5.16. The Labute approximate surface area is 136 Å². The van der Waals surface area contributed by atoms with Gasteiger partial charge in [0.2, 0.25) is 0 Å². The van der Waals surface area contributed by atoms with Gasteiger partial charge in [-0.1, -0.05) is 6.07 Å². The SMILES string of the molecule is Nc1ccc(-c2ncnc3[nH]ncc23)cc1Oc1ccc(F)cc1. The van der Waals surface area contributed by atoms with Gasteiger partial charge in [0.05, 0.1) is 23.0 Å². The van der Waals surface area contributed by atoms with Crippen LogP contribution in [0.5, 0.6) is 11.5 Å². The number of benzene rings is 2. The maximum atomic E-state index is 13.0. The molecule has 0 aliphatic carbocycles. The largest absolute Gasteiger partial charge is 0.455 e. The highest BCUT2D eigenvalue weighted by Gasteiger charge is 2.11. The highest BCUT2D eigenvalue weighted by Crippen LogP contribution is 2.33. The molecule has 118 valence electrons. The van der Waals surface area contributed by atoms with Crippen LogP contribution in [0.2, 0.25) is 0 Å². The Bertz CT molecular complexity index is 1010. The second-order valence-corrected chi connectivity index (χ2v) is 5.16. The fraction of sp³-hybridized carbons (Fsp3) is 0. The van der Waals surface area contributed by atoms with Crippen molar-refractivity contribution in [2.24, 2.45) is 0 Å². The van der Waals surface area contributed by atoms with E-state index in [1.807, 2.05) is 6.07 Å². The monoisotopic (exact) mass is 321 g/mol.